The minimum absolute atomic E-state index is 0.222. The SMILES string of the molecule is COc1ccc(-n2ncc([C@@H](C)NCc3cccc(SC)c3)c2C)cc1. The van der Waals surface area contributed by atoms with Crippen LogP contribution in [0.5, 0.6) is 5.75 Å². The van der Waals surface area contributed by atoms with Gasteiger partial charge in [-0.25, -0.2) is 4.68 Å². The second kappa shape index (κ2) is 8.43. The Morgan fingerprint density at radius 2 is 1.96 bits per heavy atom. The smallest absolute Gasteiger partial charge is 0.119 e. The first-order valence-electron chi connectivity index (χ1n) is 8.67. The highest BCUT2D eigenvalue weighted by atomic mass is 32.2. The van der Waals surface area contributed by atoms with Gasteiger partial charge in [-0.05, 0) is 62.1 Å². The Morgan fingerprint density at radius 3 is 2.65 bits per heavy atom. The number of benzene rings is 2. The molecular formula is C21H25N3OS. The molecule has 0 aliphatic carbocycles. The van der Waals surface area contributed by atoms with Gasteiger partial charge in [0.05, 0.1) is 19.0 Å². The third-order valence-corrected chi connectivity index (χ3v) is 5.30. The normalized spacial score (nSPS) is 12.2. The van der Waals surface area contributed by atoms with Crippen LogP contribution in [-0.2, 0) is 6.54 Å². The molecule has 0 amide bonds. The Balaban J connectivity index is 1.71. The predicted octanol–water partition coefficient (Wildman–Crippen LogP) is 4.76. The maximum Gasteiger partial charge on any atom is 0.119 e. The van der Waals surface area contributed by atoms with Gasteiger partial charge in [-0.2, -0.15) is 5.10 Å². The molecule has 0 saturated carbocycles. The van der Waals surface area contributed by atoms with E-state index in [1.165, 1.54) is 16.0 Å². The third kappa shape index (κ3) is 4.11. The van der Waals surface area contributed by atoms with Crippen molar-refractivity contribution >= 4 is 11.8 Å². The molecule has 136 valence electrons. The molecule has 5 heteroatoms. The lowest BCUT2D eigenvalue weighted by molar-refractivity contribution is 0.414. The van der Waals surface area contributed by atoms with Crippen LogP contribution in [0.3, 0.4) is 0 Å². The molecule has 0 bridgehead atoms. The van der Waals surface area contributed by atoms with Gasteiger partial charge in [-0.1, -0.05) is 12.1 Å². The van der Waals surface area contributed by atoms with Crippen LogP contribution in [0, 0.1) is 6.92 Å². The summed E-state index contributed by atoms with van der Waals surface area (Å²) in [5.74, 6) is 0.848. The summed E-state index contributed by atoms with van der Waals surface area (Å²) < 4.78 is 7.20. The summed E-state index contributed by atoms with van der Waals surface area (Å²) in [6.45, 7) is 5.13. The predicted molar refractivity (Wildman–Crippen MR) is 108 cm³/mol. The molecule has 0 aliphatic rings. The molecule has 3 aromatic rings. The van der Waals surface area contributed by atoms with Gasteiger partial charge in [0.25, 0.3) is 0 Å². The van der Waals surface area contributed by atoms with Crippen molar-refractivity contribution in [1.82, 2.24) is 15.1 Å². The van der Waals surface area contributed by atoms with Crippen LogP contribution in [0.1, 0.15) is 29.8 Å². The summed E-state index contributed by atoms with van der Waals surface area (Å²) in [7, 11) is 1.68. The van der Waals surface area contributed by atoms with Crippen LogP contribution in [0.2, 0.25) is 0 Å². The molecule has 4 nitrogen and oxygen atoms in total. The van der Waals surface area contributed by atoms with Gasteiger partial charge in [0.15, 0.2) is 0 Å². The summed E-state index contributed by atoms with van der Waals surface area (Å²) in [6, 6.07) is 16.8. The number of nitrogens with one attached hydrogen (secondary N) is 1. The zero-order valence-electron chi connectivity index (χ0n) is 15.7. The average molecular weight is 368 g/mol. The minimum Gasteiger partial charge on any atom is -0.497 e. The van der Waals surface area contributed by atoms with E-state index < -0.39 is 0 Å². The lowest BCUT2D eigenvalue weighted by Gasteiger charge is -2.14. The summed E-state index contributed by atoms with van der Waals surface area (Å²) in [5, 5.41) is 8.19. The van der Waals surface area contributed by atoms with Gasteiger partial charge >= 0.3 is 0 Å². The Morgan fingerprint density at radius 1 is 1.19 bits per heavy atom. The second-order valence-electron chi connectivity index (χ2n) is 6.25. The van der Waals surface area contributed by atoms with Crippen molar-refractivity contribution in [1.29, 1.82) is 0 Å². The molecule has 0 unspecified atom stereocenters. The van der Waals surface area contributed by atoms with E-state index in [2.05, 4.69) is 54.8 Å². The molecule has 0 aliphatic heterocycles. The number of ether oxygens (including phenoxy) is 1. The van der Waals surface area contributed by atoms with Crippen molar-refractivity contribution in [2.45, 2.75) is 31.3 Å². The highest BCUT2D eigenvalue weighted by Crippen LogP contribution is 2.22. The molecule has 0 fully saturated rings. The number of hydrogen-bond donors (Lipinski definition) is 1. The first kappa shape index (κ1) is 18.5. The number of thioether (sulfide) groups is 1. The van der Waals surface area contributed by atoms with Crippen LogP contribution < -0.4 is 10.1 Å². The minimum atomic E-state index is 0.222. The molecule has 3 rings (SSSR count). The Labute approximate surface area is 159 Å². The summed E-state index contributed by atoms with van der Waals surface area (Å²) >= 11 is 1.77. The largest absolute Gasteiger partial charge is 0.497 e. The van der Waals surface area contributed by atoms with E-state index in [0.29, 0.717) is 0 Å². The molecule has 1 N–H and O–H groups in total. The van der Waals surface area contributed by atoms with E-state index in [0.717, 1.165) is 23.7 Å². The topological polar surface area (TPSA) is 39.1 Å². The molecule has 1 heterocycles. The van der Waals surface area contributed by atoms with Crippen LogP contribution in [0.4, 0.5) is 0 Å². The van der Waals surface area contributed by atoms with Crippen molar-refractivity contribution in [3.63, 3.8) is 0 Å². The zero-order valence-corrected chi connectivity index (χ0v) is 16.5. The molecule has 1 atom stereocenters. The van der Waals surface area contributed by atoms with Gasteiger partial charge < -0.3 is 10.1 Å². The molecular weight excluding hydrogens is 342 g/mol. The number of methoxy groups -OCH3 is 1. The van der Waals surface area contributed by atoms with E-state index in [1.807, 2.05) is 35.1 Å². The lowest BCUT2D eigenvalue weighted by atomic mass is 10.1. The van der Waals surface area contributed by atoms with Gasteiger partial charge in [-0.15, -0.1) is 11.8 Å². The first-order chi connectivity index (χ1) is 12.6. The molecule has 0 saturated heterocycles. The fraction of sp³-hybridized carbons (Fsp3) is 0.286. The quantitative estimate of drug-likeness (QED) is 0.611. The van der Waals surface area contributed by atoms with E-state index in [4.69, 9.17) is 4.74 Å². The molecule has 26 heavy (non-hydrogen) atoms. The van der Waals surface area contributed by atoms with Crippen molar-refractivity contribution in [2.75, 3.05) is 13.4 Å². The van der Waals surface area contributed by atoms with E-state index >= 15 is 0 Å². The monoisotopic (exact) mass is 367 g/mol. The van der Waals surface area contributed by atoms with Crippen molar-refractivity contribution in [2.24, 2.45) is 0 Å². The van der Waals surface area contributed by atoms with Crippen LogP contribution in [0.25, 0.3) is 5.69 Å². The van der Waals surface area contributed by atoms with Gasteiger partial charge in [-0.3, -0.25) is 0 Å². The van der Waals surface area contributed by atoms with Gasteiger partial charge in [0.1, 0.15) is 5.75 Å². The molecule has 1 aromatic heterocycles. The zero-order chi connectivity index (χ0) is 18.5. The standard InChI is InChI=1S/C21H25N3OS/c1-15(22-13-17-6-5-7-20(12-17)26-4)21-14-23-24(16(21)2)18-8-10-19(25-3)11-9-18/h5-12,14-15,22H,13H2,1-4H3/t15-/m1/s1. The molecule has 0 spiro atoms. The maximum atomic E-state index is 5.23. The molecule has 0 radical (unpaired) electrons. The third-order valence-electron chi connectivity index (χ3n) is 4.58. The van der Waals surface area contributed by atoms with Crippen LogP contribution >= 0.6 is 11.8 Å². The van der Waals surface area contributed by atoms with Crippen LogP contribution in [0.15, 0.2) is 59.6 Å². The fourth-order valence-electron chi connectivity index (χ4n) is 2.99. The van der Waals surface area contributed by atoms with Crippen molar-refractivity contribution in [3.05, 3.63) is 71.5 Å². The van der Waals surface area contributed by atoms with Crippen molar-refractivity contribution in [3.8, 4) is 11.4 Å². The summed E-state index contributed by atoms with van der Waals surface area (Å²) in [6.07, 6.45) is 4.06. The molecule has 2 aromatic carbocycles. The Kier molecular flexibility index (Phi) is 6.01. The van der Waals surface area contributed by atoms with Crippen molar-refractivity contribution < 1.29 is 4.74 Å². The maximum absolute atomic E-state index is 5.23. The van der Waals surface area contributed by atoms with Crippen LogP contribution in [-0.4, -0.2) is 23.1 Å². The first-order valence-corrected chi connectivity index (χ1v) is 9.90. The average Bonchev–Trinajstić information content (AvgIpc) is 3.07. The number of hydrogen-bond acceptors (Lipinski definition) is 4. The number of rotatable bonds is 7. The second-order valence-corrected chi connectivity index (χ2v) is 7.13. The van der Waals surface area contributed by atoms with Gasteiger partial charge in [0, 0.05) is 28.7 Å². The summed E-state index contributed by atoms with van der Waals surface area (Å²) in [4.78, 5) is 1.29. The van der Waals surface area contributed by atoms with E-state index in [-0.39, 0.29) is 6.04 Å². The summed E-state index contributed by atoms with van der Waals surface area (Å²) in [5.41, 5.74) is 4.69. The highest BCUT2D eigenvalue weighted by molar-refractivity contribution is 7.98. The Hall–Kier alpha value is -2.24. The Bertz CT molecular complexity index is 858. The van der Waals surface area contributed by atoms with E-state index in [9.17, 15) is 0 Å². The van der Waals surface area contributed by atoms with Gasteiger partial charge in [0.2, 0.25) is 0 Å². The lowest BCUT2D eigenvalue weighted by Crippen LogP contribution is -2.18. The number of nitrogens with zero attached hydrogens (tertiary/aromatic N) is 2. The van der Waals surface area contributed by atoms with E-state index in [1.54, 1.807) is 18.9 Å². The fourth-order valence-corrected chi connectivity index (χ4v) is 3.48. The highest BCUT2D eigenvalue weighted by Gasteiger charge is 2.14. The number of aromatic nitrogens is 2.